The van der Waals surface area contributed by atoms with Crippen molar-refractivity contribution in [3.63, 3.8) is 0 Å². The Morgan fingerprint density at radius 1 is 1.26 bits per heavy atom. The quantitative estimate of drug-likeness (QED) is 0.804. The van der Waals surface area contributed by atoms with Crippen molar-refractivity contribution in [3.8, 4) is 0 Å². The van der Waals surface area contributed by atoms with Crippen LogP contribution in [0.4, 0.5) is 5.69 Å². The third kappa shape index (κ3) is 4.16. The number of amides is 3. The zero-order chi connectivity index (χ0) is 16.2. The van der Waals surface area contributed by atoms with Crippen LogP contribution in [0, 0.1) is 5.92 Å². The lowest BCUT2D eigenvalue weighted by molar-refractivity contribution is -0.126. The minimum Gasteiger partial charge on any atom is -0.378 e. The van der Waals surface area contributed by atoms with Gasteiger partial charge in [0.25, 0.3) is 0 Å². The molecule has 0 saturated carbocycles. The number of benzene rings is 1. The van der Waals surface area contributed by atoms with Crippen molar-refractivity contribution in [1.82, 2.24) is 5.32 Å². The fourth-order valence-electron chi connectivity index (χ4n) is 3.00. The van der Waals surface area contributed by atoms with Crippen LogP contribution < -0.4 is 10.6 Å². The van der Waals surface area contributed by atoms with E-state index < -0.39 is 0 Å². The number of imide groups is 1. The van der Waals surface area contributed by atoms with Gasteiger partial charge in [-0.15, -0.1) is 0 Å². The van der Waals surface area contributed by atoms with E-state index in [1.54, 1.807) is 0 Å². The smallest absolute Gasteiger partial charge is 0.230 e. The number of anilines is 1. The van der Waals surface area contributed by atoms with Gasteiger partial charge >= 0.3 is 0 Å². The number of carbonyl (C=O) groups excluding carboxylic acids is 3. The lowest BCUT2D eigenvalue weighted by Gasteiger charge is -2.11. The monoisotopic (exact) mass is 316 g/mol. The lowest BCUT2D eigenvalue weighted by Crippen LogP contribution is -2.22. The van der Waals surface area contributed by atoms with E-state index in [4.69, 9.17) is 4.74 Å². The van der Waals surface area contributed by atoms with Crippen molar-refractivity contribution in [3.05, 3.63) is 29.8 Å². The molecule has 3 amide bonds. The van der Waals surface area contributed by atoms with Crippen LogP contribution in [-0.4, -0.2) is 30.4 Å². The molecule has 2 fully saturated rings. The van der Waals surface area contributed by atoms with Crippen LogP contribution in [0.25, 0.3) is 0 Å². The van der Waals surface area contributed by atoms with Crippen LogP contribution in [0.2, 0.25) is 0 Å². The maximum atomic E-state index is 11.9. The molecule has 2 aliphatic rings. The first kappa shape index (κ1) is 15.7. The molecule has 3 rings (SSSR count). The topological polar surface area (TPSA) is 84.5 Å². The third-order valence-electron chi connectivity index (χ3n) is 4.22. The number of ether oxygens (including phenoxy) is 1. The fourth-order valence-corrected chi connectivity index (χ4v) is 3.00. The zero-order valence-electron chi connectivity index (χ0n) is 12.8. The van der Waals surface area contributed by atoms with E-state index in [-0.39, 0.29) is 36.2 Å². The molecule has 2 heterocycles. The highest BCUT2D eigenvalue weighted by molar-refractivity contribution is 6.03. The second-order valence-corrected chi connectivity index (χ2v) is 6.10. The Bertz CT molecular complexity index is 606. The Morgan fingerprint density at radius 3 is 2.65 bits per heavy atom. The van der Waals surface area contributed by atoms with Gasteiger partial charge in [-0.3, -0.25) is 19.7 Å². The standard InChI is InChI=1S/C17H20N2O4/c20-15-9-12(17(22)19-15)8-11-3-5-13(6-4-11)18-16(21)10-14-2-1-7-23-14/h3-6,12,14H,1-2,7-10H2,(H,18,21)(H,19,20,22). The molecule has 2 unspecified atom stereocenters. The highest BCUT2D eigenvalue weighted by Crippen LogP contribution is 2.20. The molecular formula is C17H20N2O4. The summed E-state index contributed by atoms with van der Waals surface area (Å²) < 4.78 is 5.45. The van der Waals surface area contributed by atoms with Crippen LogP contribution >= 0.6 is 0 Å². The van der Waals surface area contributed by atoms with Gasteiger partial charge in [0, 0.05) is 18.7 Å². The number of rotatable bonds is 5. The molecule has 0 bridgehead atoms. The van der Waals surface area contributed by atoms with Crippen molar-refractivity contribution in [2.75, 3.05) is 11.9 Å². The van der Waals surface area contributed by atoms with Crippen molar-refractivity contribution in [2.24, 2.45) is 5.92 Å². The summed E-state index contributed by atoms with van der Waals surface area (Å²) >= 11 is 0. The summed E-state index contributed by atoms with van der Waals surface area (Å²) in [5.74, 6) is -0.755. The molecule has 6 heteroatoms. The van der Waals surface area contributed by atoms with Crippen molar-refractivity contribution in [2.45, 2.75) is 38.2 Å². The van der Waals surface area contributed by atoms with E-state index in [2.05, 4.69) is 10.6 Å². The van der Waals surface area contributed by atoms with E-state index in [0.29, 0.717) is 12.8 Å². The van der Waals surface area contributed by atoms with E-state index in [1.807, 2.05) is 24.3 Å². The Labute approximate surface area is 134 Å². The summed E-state index contributed by atoms with van der Waals surface area (Å²) in [7, 11) is 0. The first-order valence-electron chi connectivity index (χ1n) is 7.94. The molecule has 0 aliphatic carbocycles. The second kappa shape index (κ2) is 6.91. The molecule has 122 valence electrons. The average molecular weight is 316 g/mol. The molecule has 2 saturated heterocycles. The van der Waals surface area contributed by atoms with Crippen LogP contribution in [0.1, 0.15) is 31.2 Å². The minimum absolute atomic E-state index is 0.0349. The van der Waals surface area contributed by atoms with Crippen molar-refractivity contribution < 1.29 is 19.1 Å². The minimum atomic E-state index is -0.289. The largest absolute Gasteiger partial charge is 0.378 e. The number of carbonyl (C=O) groups is 3. The summed E-state index contributed by atoms with van der Waals surface area (Å²) in [6.45, 7) is 0.740. The molecule has 6 nitrogen and oxygen atoms in total. The number of nitrogens with one attached hydrogen (secondary N) is 2. The normalized spacial score (nSPS) is 23.8. The second-order valence-electron chi connectivity index (χ2n) is 6.10. The summed E-state index contributed by atoms with van der Waals surface area (Å²) in [5, 5.41) is 5.17. The summed E-state index contributed by atoms with van der Waals surface area (Å²) in [4.78, 5) is 34.7. The maximum Gasteiger partial charge on any atom is 0.230 e. The molecule has 2 aliphatic heterocycles. The Hall–Kier alpha value is -2.21. The molecular weight excluding hydrogens is 296 g/mol. The maximum absolute atomic E-state index is 11.9. The van der Waals surface area contributed by atoms with Gasteiger partial charge in [0.1, 0.15) is 0 Å². The highest BCUT2D eigenvalue weighted by Gasteiger charge is 2.30. The molecule has 2 N–H and O–H groups in total. The first-order chi connectivity index (χ1) is 11.1. The van der Waals surface area contributed by atoms with Gasteiger partial charge in [-0.25, -0.2) is 0 Å². The SMILES string of the molecule is O=C1CC(Cc2ccc(NC(=O)CC3CCCO3)cc2)C(=O)N1. The molecule has 0 spiro atoms. The van der Waals surface area contributed by atoms with E-state index in [0.717, 1.165) is 30.7 Å². The molecule has 1 aromatic carbocycles. The van der Waals surface area contributed by atoms with Crippen LogP contribution in [0.5, 0.6) is 0 Å². The molecule has 1 aromatic rings. The van der Waals surface area contributed by atoms with E-state index in [1.165, 1.54) is 0 Å². The lowest BCUT2D eigenvalue weighted by atomic mass is 9.98. The fraction of sp³-hybridized carbons (Fsp3) is 0.471. The van der Waals surface area contributed by atoms with Gasteiger partial charge in [-0.05, 0) is 37.0 Å². The van der Waals surface area contributed by atoms with Gasteiger partial charge < -0.3 is 10.1 Å². The third-order valence-corrected chi connectivity index (χ3v) is 4.22. The van der Waals surface area contributed by atoms with Crippen LogP contribution in [0.3, 0.4) is 0 Å². The summed E-state index contributed by atoms with van der Waals surface area (Å²) in [6, 6.07) is 7.38. The highest BCUT2D eigenvalue weighted by atomic mass is 16.5. The van der Waals surface area contributed by atoms with Crippen molar-refractivity contribution >= 4 is 23.4 Å². The average Bonchev–Trinajstić information content (AvgIpc) is 3.11. The summed E-state index contributed by atoms with van der Waals surface area (Å²) in [5.41, 5.74) is 1.70. The van der Waals surface area contributed by atoms with E-state index in [9.17, 15) is 14.4 Å². The zero-order valence-corrected chi connectivity index (χ0v) is 12.8. The molecule has 0 aromatic heterocycles. The predicted octanol–water partition coefficient (Wildman–Crippen LogP) is 1.40. The first-order valence-corrected chi connectivity index (χ1v) is 7.94. The van der Waals surface area contributed by atoms with Gasteiger partial charge in [0.2, 0.25) is 17.7 Å². The van der Waals surface area contributed by atoms with Gasteiger partial charge in [0.15, 0.2) is 0 Å². The Kier molecular flexibility index (Phi) is 4.71. The van der Waals surface area contributed by atoms with E-state index >= 15 is 0 Å². The van der Waals surface area contributed by atoms with Crippen molar-refractivity contribution in [1.29, 1.82) is 0 Å². The number of hydrogen-bond donors (Lipinski definition) is 2. The van der Waals surface area contributed by atoms with Gasteiger partial charge in [-0.1, -0.05) is 12.1 Å². The van der Waals surface area contributed by atoms with Gasteiger partial charge in [0.05, 0.1) is 18.4 Å². The number of hydrogen-bond acceptors (Lipinski definition) is 4. The predicted molar refractivity (Wildman–Crippen MR) is 83.6 cm³/mol. The van der Waals surface area contributed by atoms with Gasteiger partial charge in [-0.2, -0.15) is 0 Å². The molecule has 23 heavy (non-hydrogen) atoms. The van der Waals surface area contributed by atoms with Crippen LogP contribution in [-0.2, 0) is 25.5 Å². The Morgan fingerprint density at radius 2 is 2.04 bits per heavy atom. The Balaban J connectivity index is 1.51. The molecule has 2 atom stereocenters. The summed E-state index contributed by atoms with van der Waals surface area (Å²) in [6.07, 6.45) is 3.15. The van der Waals surface area contributed by atoms with Crippen LogP contribution in [0.15, 0.2) is 24.3 Å². The molecule has 0 radical (unpaired) electrons.